The molecule has 0 bridgehead atoms. The van der Waals surface area contributed by atoms with Crippen LogP contribution >= 0.6 is 23.4 Å². The Kier molecular flexibility index (Phi) is 7.19. The zero-order chi connectivity index (χ0) is 13.4. The van der Waals surface area contributed by atoms with E-state index in [1.165, 1.54) is 0 Å². The highest BCUT2D eigenvalue weighted by Crippen LogP contribution is 2.21. The highest BCUT2D eigenvalue weighted by molar-refractivity contribution is 7.98. The Hall–Kier alpha value is -0.690. The van der Waals surface area contributed by atoms with Crippen molar-refractivity contribution >= 4 is 23.4 Å². The normalized spacial score (nSPS) is 12.4. The summed E-state index contributed by atoms with van der Waals surface area (Å²) in [5.74, 6) is 1.86. The molecule has 98 valence electrons. The van der Waals surface area contributed by atoms with Crippen molar-refractivity contribution in [1.82, 2.24) is 5.32 Å². The van der Waals surface area contributed by atoms with Crippen molar-refractivity contribution in [3.63, 3.8) is 0 Å². The van der Waals surface area contributed by atoms with E-state index in [9.17, 15) is 0 Å². The molecule has 0 heterocycles. The van der Waals surface area contributed by atoms with E-state index >= 15 is 0 Å². The summed E-state index contributed by atoms with van der Waals surface area (Å²) in [5, 5.41) is 13.1. The summed E-state index contributed by atoms with van der Waals surface area (Å²) in [7, 11) is 0. The van der Waals surface area contributed by atoms with Crippen molar-refractivity contribution in [3.8, 4) is 6.07 Å². The first-order chi connectivity index (χ1) is 8.63. The van der Waals surface area contributed by atoms with Gasteiger partial charge < -0.3 is 0 Å². The molecule has 0 amide bonds. The van der Waals surface area contributed by atoms with Gasteiger partial charge in [0.15, 0.2) is 0 Å². The van der Waals surface area contributed by atoms with Gasteiger partial charge in [0.1, 0.15) is 0 Å². The zero-order valence-electron chi connectivity index (χ0n) is 10.8. The minimum absolute atomic E-state index is 0.0521. The average molecular weight is 283 g/mol. The Labute approximate surface area is 119 Å². The quantitative estimate of drug-likeness (QED) is 0.772. The largest absolute Gasteiger partial charge is 0.300 e. The first-order valence-corrected chi connectivity index (χ1v) is 7.63. The van der Waals surface area contributed by atoms with Crippen LogP contribution in [0.1, 0.15) is 25.8 Å². The number of thioether (sulfide) groups is 1. The third kappa shape index (κ3) is 5.77. The third-order valence-electron chi connectivity index (χ3n) is 2.46. The van der Waals surface area contributed by atoms with E-state index in [0.29, 0.717) is 6.04 Å². The van der Waals surface area contributed by atoms with Crippen LogP contribution in [0.5, 0.6) is 0 Å². The maximum absolute atomic E-state index is 8.99. The van der Waals surface area contributed by atoms with E-state index in [-0.39, 0.29) is 6.04 Å². The topological polar surface area (TPSA) is 35.8 Å². The van der Waals surface area contributed by atoms with Crippen molar-refractivity contribution < 1.29 is 0 Å². The molecular weight excluding hydrogens is 264 g/mol. The molecule has 0 aliphatic rings. The minimum atomic E-state index is -0.0521. The SMILES string of the molecule is CC(C)NC(C#N)CCSCc1ccccc1Cl. The van der Waals surface area contributed by atoms with Gasteiger partial charge in [-0.2, -0.15) is 17.0 Å². The Morgan fingerprint density at radius 3 is 2.72 bits per heavy atom. The minimum Gasteiger partial charge on any atom is -0.300 e. The number of nitrogens with zero attached hydrogens (tertiary/aromatic N) is 1. The molecule has 0 aliphatic heterocycles. The van der Waals surface area contributed by atoms with Crippen LogP contribution in [-0.2, 0) is 5.75 Å². The summed E-state index contributed by atoms with van der Waals surface area (Å²) < 4.78 is 0. The molecule has 0 fully saturated rings. The number of nitriles is 1. The molecule has 0 aliphatic carbocycles. The van der Waals surface area contributed by atoms with Gasteiger partial charge in [0, 0.05) is 16.8 Å². The lowest BCUT2D eigenvalue weighted by Crippen LogP contribution is -2.33. The molecule has 0 saturated carbocycles. The summed E-state index contributed by atoms with van der Waals surface area (Å²) >= 11 is 7.90. The number of rotatable bonds is 7. The summed E-state index contributed by atoms with van der Waals surface area (Å²) in [5.41, 5.74) is 1.16. The fraction of sp³-hybridized carbons (Fsp3) is 0.500. The monoisotopic (exact) mass is 282 g/mol. The second-order valence-corrected chi connectivity index (χ2v) is 5.95. The van der Waals surface area contributed by atoms with Crippen LogP contribution in [0.4, 0.5) is 0 Å². The second-order valence-electron chi connectivity index (χ2n) is 4.44. The van der Waals surface area contributed by atoms with Gasteiger partial charge in [-0.3, -0.25) is 5.32 Å². The Morgan fingerprint density at radius 2 is 2.11 bits per heavy atom. The van der Waals surface area contributed by atoms with Crippen LogP contribution in [0.2, 0.25) is 5.02 Å². The zero-order valence-corrected chi connectivity index (χ0v) is 12.4. The van der Waals surface area contributed by atoms with Crippen LogP contribution in [0.3, 0.4) is 0 Å². The maximum Gasteiger partial charge on any atom is 0.0962 e. The lowest BCUT2D eigenvalue weighted by molar-refractivity contribution is 0.522. The maximum atomic E-state index is 8.99. The van der Waals surface area contributed by atoms with E-state index in [1.54, 1.807) is 0 Å². The van der Waals surface area contributed by atoms with Crippen LogP contribution in [-0.4, -0.2) is 17.8 Å². The van der Waals surface area contributed by atoms with Crippen LogP contribution in [0.15, 0.2) is 24.3 Å². The molecular formula is C14H19ClN2S. The van der Waals surface area contributed by atoms with E-state index in [0.717, 1.165) is 28.5 Å². The molecule has 1 atom stereocenters. The van der Waals surface area contributed by atoms with E-state index in [2.05, 4.69) is 25.2 Å². The van der Waals surface area contributed by atoms with Crippen molar-refractivity contribution in [2.24, 2.45) is 0 Å². The highest BCUT2D eigenvalue weighted by atomic mass is 35.5. The van der Waals surface area contributed by atoms with Crippen LogP contribution < -0.4 is 5.32 Å². The second kappa shape index (κ2) is 8.42. The van der Waals surface area contributed by atoms with Gasteiger partial charge in [-0.15, -0.1) is 0 Å². The first kappa shape index (κ1) is 15.4. The molecule has 4 heteroatoms. The number of nitrogens with one attached hydrogen (secondary N) is 1. The number of hydrogen-bond acceptors (Lipinski definition) is 3. The molecule has 1 aromatic carbocycles. The number of hydrogen-bond donors (Lipinski definition) is 1. The van der Waals surface area contributed by atoms with E-state index < -0.39 is 0 Å². The van der Waals surface area contributed by atoms with Crippen molar-refractivity contribution in [2.45, 2.75) is 38.1 Å². The molecule has 1 rings (SSSR count). The van der Waals surface area contributed by atoms with E-state index in [4.69, 9.17) is 16.9 Å². The molecule has 0 radical (unpaired) electrons. The van der Waals surface area contributed by atoms with Crippen molar-refractivity contribution in [3.05, 3.63) is 34.9 Å². The number of benzene rings is 1. The third-order valence-corrected chi connectivity index (χ3v) is 3.86. The van der Waals surface area contributed by atoms with Gasteiger partial charge >= 0.3 is 0 Å². The molecule has 18 heavy (non-hydrogen) atoms. The van der Waals surface area contributed by atoms with Crippen molar-refractivity contribution in [1.29, 1.82) is 5.26 Å². The predicted molar refractivity (Wildman–Crippen MR) is 79.9 cm³/mol. The van der Waals surface area contributed by atoms with E-state index in [1.807, 2.05) is 36.0 Å². The summed E-state index contributed by atoms with van der Waals surface area (Å²) in [6.07, 6.45) is 0.865. The van der Waals surface area contributed by atoms with Crippen LogP contribution in [0, 0.1) is 11.3 Å². The molecule has 2 nitrogen and oxygen atoms in total. The van der Waals surface area contributed by atoms with Gasteiger partial charge in [-0.1, -0.05) is 29.8 Å². The molecule has 1 unspecified atom stereocenters. The highest BCUT2D eigenvalue weighted by Gasteiger charge is 2.08. The Bertz CT molecular complexity index is 401. The van der Waals surface area contributed by atoms with Crippen molar-refractivity contribution in [2.75, 3.05) is 5.75 Å². The summed E-state index contributed by atoms with van der Waals surface area (Å²) in [4.78, 5) is 0. The molecule has 1 N–H and O–H groups in total. The van der Waals surface area contributed by atoms with Gasteiger partial charge in [0.25, 0.3) is 0 Å². The number of halogens is 1. The van der Waals surface area contributed by atoms with Crippen LogP contribution in [0.25, 0.3) is 0 Å². The first-order valence-electron chi connectivity index (χ1n) is 6.10. The molecule has 0 aromatic heterocycles. The average Bonchev–Trinajstić information content (AvgIpc) is 2.34. The predicted octanol–water partition coefficient (Wildman–Crippen LogP) is 3.85. The fourth-order valence-electron chi connectivity index (χ4n) is 1.59. The van der Waals surface area contributed by atoms with Gasteiger partial charge in [0.2, 0.25) is 0 Å². The Balaban J connectivity index is 2.26. The standard InChI is InChI=1S/C14H19ClN2S/c1-11(2)17-13(9-16)7-8-18-10-12-5-3-4-6-14(12)15/h3-6,11,13,17H,7-8,10H2,1-2H3. The van der Waals surface area contributed by atoms with Gasteiger partial charge in [-0.05, 0) is 37.7 Å². The Morgan fingerprint density at radius 1 is 1.39 bits per heavy atom. The lowest BCUT2D eigenvalue weighted by atomic mass is 10.2. The molecule has 0 saturated heterocycles. The smallest absolute Gasteiger partial charge is 0.0962 e. The fourth-order valence-corrected chi connectivity index (χ4v) is 2.89. The van der Waals surface area contributed by atoms with Gasteiger partial charge in [0.05, 0.1) is 12.1 Å². The molecule has 1 aromatic rings. The lowest BCUT2D eigenvalue weighted by Gasteiger charge is -2.14. The van der Waals surface area contributed by atoms with Gasteiger partial charge in [-0.25, -0.2) is 0 Å². The summed E-state index contributed by atoms with van der Waals surface area (Å²) in [6, 6.07) is 10.5. The summed E-state index contributed by atoms with van der Waals surface area (Å²) in [6.45, 7) is 4.11. The molecule has 0 spiro atoms.